The molecule has 0 unspecified atom stereocenters. The maximum atomic E-state index is 2.23. The summed E-state index contributed by atoms with van der Waals surface area (Å²) in [6.07, 6.45) is 0. The minimum atomic E-state index is 0.660. The molecule has 0 saturated carbocycles. The molecule has 0 aliphatic heterocycles. The monoisotopic (exact) mass is 186 g/mol. The molecule has 1 aromatic rings. The van der Waals surface area contributed by atoms with Crippen molar-refractivity contribution in [3.63, 3.8) is 0 Å². The predicted molar refractivity (Wildman–Crippen MR) is 42.4 cm³/mol. The Balaban J connectivity index is 2.88. The van der Waals surface area contributed by atoms with Gasteiger partial charge in [-0.25, -0.2) is 0 Å². The van der Waals surface area contributed by atoms with Gasteiger partial charge in [0.2, 0.25) is 0 Å². The van der Waals surface area contributed by atoms with Gasteiger partial charge >= 0.3 is 62.0 Å². The molecule has 0 aliphatic rings. The van der Waals surface area contributed by atoms with E-state index < -0.39 is 0 Å². The zero-order valence-electron chi connectivity index (χ0n) is 5.72. The van der Waals surface area contributed by atoms with Gasteiger partial charge in [0.1, 0.15) is 0 Å². The first-order valence-corrected chi connectivity index (χ1v) is 5.50. The van der Waals surface area contributed by atoms with Crippen molar-refractivity contribution in [3.8, 4) is 0 Å². The summed E-state index contributed by atoms with van der Waals surface area (Å²) in [6.45, 7) is 2.12. The molecule has 9 heavy (non-hydrogen) atoms. The van der Waals surface area contributed by atoms with E-state index >= 15 is 0 Å². The summed E-state index contributed by atoms with van der Waals surface area (Å²) in [7, 11) is 0. The fourth-order valence-corrected chi connectivity index (χ4v) is 1.53. The summed E-state index contributed by atoms with van der Waals surface area (Å²) in [6, 6.07) is 8.74. The van der Waals surface area contributed by atoms with E-state index in [2.05, 4.69) is 37.0 Å². The molecule has 0 spiro atoms. The number of hydrogen-bond acceptors (Lipinski definition) is 0. The number of hydrogen-bond donors (Lipinski definition) is 0. The molecule has 0 bridgehead atoms. The Bertz CT molecular complexity index is 176. The van der Waals surface area contributed by atoms with Gasteiger partial charge in [0.15, 0.2) is 0 Å². The molecule has 1 aromatic carbocycles. The standard InChI is InChI=1S/C8H10Se/c1-7-3-5-8(9-2)6-4-7/h3-6H,1-2H3. The Labute approximate surface area is 62.4 Å². The second-order valence-electron chi connectivity index (χ2n) is 2.02. The first-order chi connectivity index (χ1) is 4.33. The number of benzene rings is 1. The molecule has 0 nitrogen and oxygen atoms in total. The molecule has 48 valence electrons. The van der Waals surface area contributed by atoms with Crippen LogP contribution in [0, 0.1) is 6.92 Å². The third kappa shape index (κ3) is 1.85. The molecule has 0 N–H and O–H groups in total. The summed E-state index contributed by atoms with van der Waals surface area (Å²) in [5, 5.41) is 0. The Kier molecular flexibility index (Phi) is 2.32. The Hall–Kier alpha value is -0.261. The van der Waals surface area contributed by atoms with Gasteiger partial charge < -0.3 is 0 Å². The topological polar surface area (TPSA) is 0 Å². The molecule has 0 aliphatic carbocycles. The molecule has 0 aromatic heterocycles. The van der Waals surface area contributed by atoms with Gasteiger partial charge in [0, 0.05) is 0 Å². The van der Waals surface area contributed by atoms with Crippen molar-refractivity contribution >= 4 is 19.4 Å². The molecular formula is C8H10Se. The second kappa shape index (κ2) is 3.05. The van der Waals surface area contributed by atoms with Crippen LogP contribution in [0.25, 0.3) is 0 Å². The van der Waals surface area contributed by atoms with Crippen molar-refractivity contribution in [3.05, 3.63) is 29.8 Å². The van der Waals surface area contributed by atoms with E-state index in [0.717, 1.165) is 0 Å². The van der Waals surface area contributed by atoms with Gasteiger partial charge in [-0.2, -0.15) is 0 Å². The van der Waals surface area contributed by atoms with Gasteiger partial charge in [-0.3, -0.25) is 0 Å². The predicted octanol–water partition coefficient (Wildman–Crippen LogP) is 1.37. The summed E-state index contributed by atoms with van der Waals surface area (Å²) in [4.78, 5) is 0. The van der Waals surface area contributed by atoms with Gasteiger partial charge in [-0.1, -0.05) is 0 Å². The van der Waals surface area contributed by atoms with Crippen molar-refractivity contribution < 1.29 is 0 Å². The SMILES string of the molecule is C[Se]c1ccc(C)cc1. The van der Waals surface area contributed by atoms with Crippen LogP contribution < -0.4 is 4.46 Å². The first kappa shape index (κ1) is 6.85. The summed E-state index contributed by atoms with van der Waals surface area (Å²) >= 11 is 0.660. The molecule has 1 heteroatoms. The normalized spacial score (nSPS) is 9.56. The van der Waals surface area contributed by atoms with Gasteiger partial charge in [-0.15, -0.1) is 0 Å². The van der Waals surface area contributed by atoms with Crippen LogP contribution in [0.15, 0.2) is 24.3 Å². The maximum absolute atomic E-state index is 2.23. The quantitative estimate of drug-likeness (QED) is 0.580. The molecule has 0 heterocycles. The zero-order chi connectivity index (χ0) is 6.69. The van der Waals surface area contributed by atoms with Crippen LogP contribution in [0.4, 0.5) is 0 Å². The van der Waals surface area contributed by atoms with E-state index in [4.69, 9.17) is 0 Å². The molecule has 0 atom stereocenters. The molecule has 0 amide bonds. The van der Waals surface area contributed by atoms with E-state index in [1.165, 1.54) is 10.0 Å². The molecule has 0 saturated heterocycles. The Morgan fingerprint density at radius 1 is 1.11 bits per heavy atom. The van der Waals surface area contributed by atoms with Crippen LogP contribution in [0.5, 0.6) is 0 Å². The minimum absolute atomic E-state index is 0.660. The average molecular weight is 185 g/mol. The van der Waals surface area contributed by atoms with Gasteiger partial charge in [0.25, 0.3) is 0 Å². The van der Waals surface area contributed by atoms with Gasteiger partial charge in [-0.05, 0) is 0 Å². The van der Waals surface area contributed by atoms with Crippen LogP contribution in [0.2, 0.25) is 5.82 Å². The van der Waals surface area contributed by atoms with E-state index in [-0.39, 0.29) is 0 Å². The van der Waals surface area contributed by atoms with E-state index in [1.54, 1.807) is 0 Å². The average Bonchev–Trinajstić information content (AvgIpc) is 1.90. The Morgan fingerprint density at radius 3 is 2.11 bits per heavy atom. The van der Waals surface area contributed by atoms with Crippen LogP contribution >= 0.6 is 0 Å². The van der Waals surface area contributed by atoms with Gasteiger partial charge in [0.05, 0.1) is 0 Å². The van der Waals surface area contributed by atoms with Crippen LogP contribution in [0.1, 0.15) is 5.56 Å². The third-order valence-electron chi connectivity index (χ3n) is 1.26. The van der Waals surface area contributed by atoms with Crippen molar-refractivity contribution in [1.29, 1.82) is 0 Å². The molecule has 0 radical (unpaired) electrons. The fraction of sp³-hybridized carbons (Fsp3) is 0.250. The first-order valence-electron chi connectivity index (χ1n) is 2.93. The zero-order valence-corrected chi connectivity index (χ0v) is 7.43. The second-order valence-corrected chi connectivity index (χ2v) is 3.86. The van der Waals surface area contributed by atoms with Crippen molar-refractivity contribution in [2.45, 2.75) is 12.7 Å². The molecule has 1 rings (SSSR count). The van der Waals surface area contributed by atoms with Crippen LogP contribution in [-0.2, 0) is 0 Å². The van der Waals surface area contributed by atoms with Crippen LogP contribution in [-0.4, -0.2) is 15.0 Å². The molecule has 0 fully saturated rings. The summed E-state index contributed by atoms with van der Waals surface area (Å²) in [5.74, 6) is 2.23. The number of aryl methyl sites for hydroxylation is 1. The van der Waals surface area contributed by atoms with E-state index in [1.807, 2.05) is 0 Å². The molecular weight excluding hydrogens is 175 g/mol. The fourth-order valence-electron chi connectivity index (χ4n) is 0.674. The van der Waals surface area contributed by atoms with E-state index in [0.29, 0.717) is 15.0 Å². The van der Waals surface area contributed by atoms with Crippen molar-refractivity contribution in [2.75, 3.05) is 0 Å². The Morgan fingerprint density at radius 2 is 1.67 bits per heavy atom. The van der Waals surface area contributed by atoms with E-state index in [9.17, 15) is 0 Å². The summed E-state index contributed by atoms with van der Waals surface area (Å²) in [5.41, 5.74) is 1.35. The van der Waals surface area contributed by atoms with Crippen LogP contribution in [0.3, 0.4) is 0 Å². The number of rotatable bonds is 1. The van der Waals surface area contributed by atoms with Crippen molar-refractivity contribution in [2.24, 2.45) is 0 Å². The third-order valence-corrected chi connectivity index (χ3v) is 2.82. The summed E-state index contributed by atoms with van der Waals surface area (Å²) < 4.78 is 1.48. The van der Waals surface area contributed by atoms with Crippen molar-refractivity contribution in [1.82, 2.24) is 0 Å².